The Morgan fingerprint density at radius 3 is 2.58 bits per heavy atom. The topological polar surface area (TPSA) is 106 Å². The van der Waals surface area contributed by atoms with Crippen molar-refractivity contribution in [1.82, 2.24) is 14.5 Å². The number of rotatable bonds is 8. The minimum absolute atomic E-state index is 0.138. The van der Waals surface area contributed by atoms with Gasteiger partial charge in [0, 0.05) is 26.0 Å². The molecule has 9 nitrogen and oxygen atoms in total. The van der Waals surface area contributed by atoms with Crippen LogP contribution in [0.25, 0.3) is 11.2 Å². The van der Waals surface area contributed by atoms with Crippen molar-refractivity contribution in [3.63, 3.8) is 0 Å². The fourth-order valence-corrected chi connectivity index (χ4v) is 5.25. The molecule has 192 valence electrons. The number of anilines is 3. The molecule has 1 N–H and O–H groups in total. The van der Waals surface area contributed by atoms with Crippen molar-refractivity contribution >= 4 is 44.0 Å². The SMILES string of the molecule is Cc1ccc(Nc2cc(CC(=O)C3CC3)nc3c2nc(C)n3C2CCCCO2)c(N(C)S(C)(=O)=O)c1. The van der Waals surface area contributed by atoms with Gasteiger partial charge in [-0.25, -0.2) is 18.4 Å². The number of carbonyl (C=O) groups is 1. The highest BCUT2D eigenvalue weighted by Crippen LogP contribution is 2.36. The van der Waals surface area contributed by atoms with E-state index in [2.05, 4.69) is 5.32 Å². The predicted octanol–water partition coefficient (Wildman–Crippen LogP) is 4.41. The molecule has 2 aromatic heterocycles. The number of aryl methyl sites for hydroxylation is 2. The van der Waals surface area contributed by atoms with Crippen LogP contribution in [-0.2, 0) is 26.0 Å². The minimum Gasteiger partial charge on any atom is -0.358 e. The van der Waals surface area contributed by atoms with Crippen molar-refractivity contribution < 1.29 is 17.9 Å². The van der Waals surface area contributed by atoms with Gasteiger partial charge in [-0.3, -0.25) is 13.7 Å². The molecular formula is C26H33N5O4S. The number of hydrogen-bond acceptors (Lipinski definition) is 7. The van der Waals surface area contributed by atoms with Gasteiger partial charge in [0.2, 0.25) is 10.0 Å². The van der Waals surface area contributed by atoms with Crippen LogP contribution in [0.4, 0.5) is 17.1 Å². The summed E-state index contributed by atoms with van der Waals surface area (Å²) in [7, 11) is -1.94. The van der Waals surface area contributed by atoms with E-state index in [0.717, 1.165) is 43.5 Å². The first-order chi connectivity index (χ1) is 17.1. The molecule has 3 aromatic rings. The standard InChI is InChI=1S/C26H33N5O4S/c1-16-8-11-20(22(13-16)30(3)36(4,33)34)29-21-14-19(15-23(32)18-9-10-18)28-26-25(21)27-17(2)31(26)24-7-5-6-12-35-24/h8,11,13-14,18,24H,5-7,9-10,12,15H2,1-4H3,(H,28,29). The monoisotopic (exact) mass is 511 g/mol. The lowest BCUT2D eigenvalue weighted by atomic mass is 10.1. The first kappa shape index (κ1) is 24.7. The Morgan fingerprint density at radius 2 is 1.92 bits per heavy atom. The van der Waals surface area contributed by atoms with Crippen molar-refractivity contribution in [3.8, 4) is 0 Å². The first-order valence-electron chi connectivity index (χ1n) is 12.5. The number of pyridine rings is 1. The lowest BCUT2D eigenvalue weighted by Crippen LogP contribution is -2.25. The van der Waals surface area contributed by atoms with Crippen LogP contribution in [0.2, 0.25) is 0 Å². The maximum absolute atomic E-state index is 12.7. The van der Waals surface area contributed by atoms with Crippen molar-refractivity contribution in [2.75, 3.05) is 29.5 Å². The molecule has 0 bridgehead atoms. The molecule has 1 aliphatic heterocycles. The van der Waals surface area contributed by atoms with Gasteiger partial charge >= 0.3 is 0 Å². The summed E-state index contributed by atoms with van der Waals surface area (Å²) < 4.78 is 34.1. The molecule has 2 fully saturated rings. The number of Topliss-reactive ketones (excluding diaryl/α,β-unsaturated/α-hetero) is 1. The molecule has 0 amide bonds. The van der Waals surface area contributed by atoms with Crippen LogP contribution in [0, 0.1) is 19.8 Å². The van der Waals surface area contributed by atoms with Crippen LogP contribution >= 0.6 is 0 Å². The lowest BCUT2D eigenvalue weighted by Gasteiger charge is -2.25. The average Bonchev–Trinajstić information content (AvgIpc) is 3.63. The highest BCUT2D eigenvalue weighted by molar-refractivity contribution is 7.92. The lowest BCUT2D eigenvalue weighted by molar-refractivity contribution is -0.119. The Hall–Kier alpha value is -2.98. The zero-order valence-electron chi connectivity index (χ0n) is 21.2. The molecule has 2 aliphatic rings. The summed E-state index contributed by atoms with van der Waals surface area (Å²) in [5, 5.41) is 3.42. The van der Waals surface area contributed by atoms with Crippen molar-refractivity contribution in [2.24, 2.45) is 5.92 Å². The molecule has 1 saturated heterocycles. The molecule has 10 heteroatoms. The van der Waals surface area contributed by atoms with Gasteiger partial charge < -0.3 is 10.1 Å². The summed E-state index contributed by atoms with van der Waals surface area (Å²) in [5.41, 5.74) is 4.79. The number of ether oxygens (including phenoxy) is 1. The number of benzene rings is 1. The summed E-state index contributed by atoms with van der Waals surface area (Å²) >= 11 is 0. The first-order valence-corrected chi connectivity index (χ1v) is 14.3. The maximum atomic E-state index is 12.7. The molecule has 1 saturated carbocycles. The van der Waals surface area contributed by atoms with Gasteiger partial charge in [0.1, 0.15) is 23.4 Å². The molecule has 0 radical (unpaired) electrons. The number of aromatic nitrogens is 3. The second-order valence-electron chi connectivity index (χ2n) is 9.98. The average molecular weight is 512 g/mol. The van der Waals surface area contributed by atoms with Gasteiger partial charge in [0.25, 0.3) is 0 Å². The number of hydrogen-bond donors (Lipinski definition) is 1. The van der Waals surface area contributed by atoms with E-state index >= 15 is 0 Å². The van der Waals surface area contributed by atoms with E-state index in [0.29, 0.717) is 40.5 Å². The quantitative estimate of drug-likeness (QED) is 0.477. The van der Waals surface area contributed by atoms with Gasteiger partial charge in [-0.2, -0.15) is 0 Å². The van der Waals surface area contributed by atoms with E-state index in [1.807, 2.05) is 42.7 Å². The van der Waals surface area contributed by atoms with Gasteiger partial charge in [-0.05, 0) is 69.7 Å². The van der Waals surface area contributed by atoms with Gasteiger partial charge in [-0.15, -0.1) is 0 Å². The zero-order chi connectivity index (χ0) is 25.6. The maximum Gasteiger partial charge on any atom is 0.232 e. The minimum atomic E-state index is -3.47. The number of imidazole rings is 1. The molecular weight excluding hydrogens is 478 g/mol. The molecule has 36 heavy (non-hydrogen) atoms. The van der Waals surface area contributed by atoms with Gasteiger partial charge in [-0.1, -0.05) is 6.07 Å². The number of carbonyl (C=O) groups excluding carboxylic acids is 1. The summed E-state index contributed by atoms with van der Waals surface area (Å²) in [6.45, 7) is 4.55. The van der Waals surface area contributed by atoms with Crippen molar-refractivity contribution in [1.29, 1.82) is 0 Å². The summed E-state index contributed by atoms with van der Waals surface area (Å²) in [4.78, 5) is 22.4. The number of nitrogens with one attached hydrogen (secondary N) is 1. The van der Waals surface area contributed by atoms with E-state index in [-0.39, 0.29) is 24.3 Å². The van der Waals surface area contributed by atoms with Crippen LogP contribution in [0.3, 0.4) is 0 Å². The molecule has 0 spiro atoms. The summed E-state index contributed by atoms with van der Waals surface area (Å²) in [5.74, 6) is 1.13. The Bertz CT molecular complexity index is 1420. The van der Waals surface area contributed by atoms with Crippen molar-refractivity contribution in [2.45, 2.75) is 58.6 Å². The van der Waals surface area contributed by atoms with Crippen molar-refractivity contribution in [3.05, 3.63) is 41.3 Å². The third-order valence-corrected chi connectivity index (χ3v) is 8.16. The Kier molecular flexibility index (Phi) is 6.50. The third-order valence-electron chi connectivity index (χ3n) is 6.97. The normalized spacial score (nSPS) is 18.4. The number of nitrogens with zero attached hydrogens (tertiary/aromatic N) is 4. The Balaban J connectivity index is 1.62. The van der Waals surface area contributed by atoms with Crippen LogP contribution in [0.15, 0.2) is 24.3 Å². The molecule has 1 aromatic carbocycles. The van der Waals surface area contributed by atoms with Crippen LogP contribution in [0.1, 0.15) is 55.4 Å². The van der Waals surface area contributed by atoms with Crippen LogP contribution in [-0.4, -0.2) is 48.6 Å². The number of sulfonamides is 1. The molecule has 1 atom stereocenters. The third kappa shape index (κ3) is 4.97. The molecule has 5 rings (SSSR count). The van der Waals surface area contributed by atoms with E-state index in [1.165, 1.54) is 17.6 Å². The second kappa shape index (κ2) is 9.48. The highest BCUT2D eigenvalue weighted by atomic mass is 32.2. The van der Waals surface area contributed by atoms with Gasteiger partial charge in [0.05, 0.1) is 29.0 Å². The predicted molar refractivity (Wildman–Crippen MR) is 140 cm³/mol. The fraction of sp³-hybridized carbons (Fsp3) is 0.500. The fourth-order valence-electron chi connectivity index (χ4n) is 4.74. The van der Waals surface area contributed by atoms with Gasteiger partial charge in [0.15, 0.2) is 5.65 Å². The Morgan fingerprint density at radius 1 is 1.14 bits per heavy atom. The van der Waals surface area contributed by atoms with E-state index in [1.54, 1.807) is 0 Å². The van der Waals surface area contributed by atoms with E-state index in [4.69, 9.17) is 14.7 Å². The summed E-state index contributed by atoms with van der Waals surface area (Å²) in [6.07, 6.45) is 6.17. The number of fused-ring (bicyclic) bond motifs is 1. The smallest absolute Gasteiger partial charge is 0.232 e. The summed E-state index contributed by atoms with van der Waals surface area (Å²) in [6, 6.07) is 7.49. The molecule has 3 heterocycles. The second-order valence-corrected chi connectivity index (χ2v) is 12.0. The van der Waals surface area contributed by atoms with E-state index < -0.39 is 10.0 Å². The number of ketones is 1. The van der Waals surface area contributed by atoms with E-state index in [9.17, 15) is 13.2 Å². The zero-order valence-corrected chi connectivity index (χ0v) is 22.1. The van der Waals surface area contributed by atoms with Crippen LogP contribution < -0.4 is 9.62 Å². The van der Waals surface area contributed by atoms with Crippen LogP contribution in [0.5, 0.6) is 0 Å². The molecule has 1 aliphatic carbocycles. The molecule has 1 unspecified atom stereocenters. The Labute approximate surface area is 211 Å². The largest absolute Gasteiger partial charge is 0.358 e. The highest BCUT2D eigenvalue weighted by Gasteiger charge is 2.30.